The monoisotopic (exact) mass is 292 g/mol. The lowest BCUT2D eigenvalue weighted by molar-refractivity contribution is 0.102. The number of anilines is 1. The summed E-state index contributed by atoms with van der Waals surface area (Å²) < 4.78 is 0.876. The van der Waals surface area contributed by atoms with Crippen LogP contribution in [0.2, 0.25) is 0 Å². The highest BCUT2D eigenvalue weighted by molar-refractivity contribution is 9.10. The number of benzene rings is 1. The van der Waals surface area contributed by atoms with E-state index in [1.165, 1.54) is 12.3 Å². The molecule has 0 saturated carbocycles. The molecule has 1 aromatic carbocycles. The average Bonchev–Trinajstić information content (AvgIpc) is 2.29. The van der Waals surface area contributed by atoms with E-state index in [-0.39, 0.29) is 11.5 Å². The van der Waals surface area contributed by atoms with Crippen LogP contribution in [0.3, 0.4) is 0 Å². The van der Waals surface area contributed by atoms with E-state index in [1.807, 2.05) is 12.1 Å². The number of rotatable bonds is 2. The first kappa shape index (κ1) is 11.6. The zero-order chi connectivity index (χ0) is 12.3. The molecule has 4 nitrogen and oxygen atoms in total. The SMILES string of the molecule is O=C(Nc1cccc(Br)c1)c1cc[nH]c(=O)c1. The third kappa shape index (κ3) is 3.04. The van der Waals surface area contributed by atoms with Crippen LogP contribution in [0.4, 0.5) is 5.69 Å². The summed E-state index contributed by atoms with van der Waals surface area (Å²) in [5, 5.41) is 2.70. The fraction of sp³-hybridized carbons (Fsp3) is 0. The molecule has 0 aliphatic rings. The molecule has 0 spiro atoms. The average molecular weight is 293 g/mol. The molecule has 2 aromatic rings. The summed E-state index contributed by atoms with van der Waals surface area (Å²) in [6, 6.07) is 10.0. The Morgan fingerprint density at radius 3 is 2.76 bits per heavy atom. The van der Waals surface area contributed by atoms with Gasteiger partial charge in [0, 0.05) is 28.0 Å². The van der Waals surface area contributed by atoms with Gasteiger partial charge in [-0.15, -0.1) is 0 Å². The van der Waals surface area contributed by atoms with E-state index >= 15 is 0 Å². The van der Waals surface area contributed by atoms with Gasteiger partial charge in [-0.2, -0.15) is 0 Å². The Labute approximate surface area is 106 Å². The second-order valence-electron chi connectivity index (χ2n) is 3.41. The van der Waals surface area contributed by atoms with Crippen molar-refractivity contribution in [2.24, 2.45) is 0 Å². The number of aromatic nitrogens is 1. The molecule has 2 N–H and O–H groups in total. The van der Waals surface area contributed by atoms with Crippen molar-refractivity contribution in [3.05, 3.63) is 63.0 Å². The zero-order valence-corrected chi connectivity index (χ0v) is 10.3. The van der Waals surface area contributed by atoms with Crippen LogP contribution in [-0.2, 0) is 0 Å². The number of hydrogen-bond donors (Lipinski definition) is 2. The van der Waals surface area contributed by atoms with Gasteiger partial charge in [0.2, 0.25) is 5.56 Å². The van der Waals surface area contributed by atoms with Gasteiger partial charge in [0.25, 0.3) is 5.91 Å². The molecule has 0 bridgehead atoms. The smallest absolute Gasteiger partial charge is 0.255 e. The number of amides is 1. The first-order valence-electron chi connectivity index (χ1n) is 4.91. The number of halogens is 1. The Morgan fingerprint density at radius 2 is 2.06 bits per heavy atom. The van der Waals surface area contributed by atoms with Gasteiger partial charge < -0.3 is 10.3 Å². The number of nitrogens with one attached hydrogen (secondary N) is 2. The van der Waals surface area contributed by atoms with Crippen molar-refractivity contribution in [2.45, 2.75) is 0 Å². The topological polar surface area (TPSA) is 62.0 Å². The molecule has 1 aromatic heterocycles. The highest BCUT2D eigenvalue weighted by Crippen LogP contribution is 2.16. The van der Waals surface area contributed by atoms with Crippen molar-refractivity contribution in [3.8, 4) is 0 Å². The van der Waals surface area contributed by atoms with Crippen LogP contribution in [-0.4, -0.2) is 10.9 Å². The Balaban J connectivity index is 2.20. The molecule has 0 fully saturated rings. The summed E-state index contributed by atoms with van der Waals surface area (Å²) in [6.45, 7) is 0. The molecule has 1 amide bonds. The maximum absolute atomic E-state index is 11.8. The van der Waals surface area contributed by atoms with Crippen molar-refractivity contribution in [1.29, 1.82) is 0 Å². The highest BCUT2D eigenvalue weighted by atomic mass is 79.9. The Morgan fingerprint density at radius 1 is 1.24 bits per heavy atom. The van der Waals surface area contributed by atoms with Gasteiger partial charge in [-0.3, -0.25) is 9.59 Å². The summed E-state index contributed by atoms with van der Waals surface area (Å²) in [4.78, 5) is 25.3. The first-order valence-corrected chi connectivity index (χ1v) is 5.70. The number of pyridine rings is 1. The Hall–Kier alpha value is -1.88. The van der Waals surface area contributed by atoms with Gasteiger partial charge in [-0.25, -0.2) is 0 Å². The molecular formula is C12H9BrN2O2. The first-order chi connectivity index (χ1) is 8.15. The summed E-state index contributed by atoms with van der Waals surface area (Å²) >= 11 is 3.31. The molecule has 0 aliphatic heterocycles. The molecule has 0 unspecified atom stereocenters. The summed E-state index contributed by atoms with van der Waals surface area (Å²) in [7, 11) is 0. The van der Waals surface area contributed by atoms with Crippen LogP contribution in [0.1, 0.15) is 10.4 Å². The van der Waals surface area contributed by atoms with E-state index in [0.29, 0.717) is 11.3 Å². The number of H-pyrrole nitrogens is 1. The highest BCUT2D eigenvalue weighted by Gasteiger charge is 2.06. The lowest BCUT2D eigenvalue weighted by Gasteiger charge is -2.04. The third-order valence-corrected chi connectivity index (χ3v) is 2.61. The van der Waals surface area contributed by atoms with Crippen LogP contribution in [0.25, 0.3) is 0 Å². The van der Waals surface area contributed by atoms with E-state index < -0.39 is 0 Å². The molecule has 0 saturated heterocycles. The van der Waals surface area contributed by atoms with Gasteiger partial charge in [0.1, 0.15) is 0 Å². The second kappa shape index (κ2) is 4.97. The van der Waals surface area contributed by atoms with Crippen LogP contribution in [0, 0.1) is 0 Å². The van der Waals surface area contributed by atoms with Crippen molar-refractivity contribution >= 4 is 27.5 Å². The fourth-order valence-electron chi connectivity index (χ4n) is 1.36. The van der Waals surface area contributed by atoms with E-state index in [0.717, 1.165) is 4.47 Å². The molecule has 5 heteroatoms. The maximum Gasteiger partial charge on any atom is 0.255 e. The van der Waals surface area contributed by atoms with Crippen LogP contribution in [0.15, 0.2) is 51.9 Å². The second-order valence-corrected chi connectivity index (χ2v) is 4.32. The zero-order valence-electron chi connectivity index (χ0n) is 8.74. The molecular weight excluding hydrogens is 284 g/mol. The molecule has 0 aliphatic carbocycles. The largest absolute Gasteiger partial charge is 0.329 e. The van der Waals surface area contributed by atoms with Gasteiger partial charge in [0.15, 0.2) is 0 Å². The minimum atomic E-state index is -0.311. The predicted octanol–water partition coefficient (Wildman–Crippen LogP) is 2.39. The quantitative estimate of drug-likeness (QED) is 0.893. The molecule has 0 radical (unpaired) electrons. The number of aromatic amines is 1. The van der Waals surface area contributed by atoms with Crippen LogP contribution >= 0.6 is 15.9 Å². The van der Waals surface area contributed by atoms with Crippen molar-refractivity contribution < 1.29 is 4.79 Å². The van der Waals surface area contributed by atoms with Gasteiger partial charge >= 0.3 is 0 Å². The summed E-state index contributed by atoms with van der Waals surface area (Å²) in [5.41, 5.74) is 0.699. The van der Waals surface area contributed by atoms with Crippen LogP contribution in [0.5, 0.6) is 0 Å². The predicted molar refractivity (Wildman–Crippen MR) is 69.2 cm³/mol. The normalized spacial score (nSPS) is 9.94. The van der Waals surface area contributed by atoms with Gasteiger partial charge in [-0.05, 0) is 24.3 Å². The van der Waals surface area contributed by atoms with Crippen molar-refractivity contribution in [1.82, 2.24) is 4.98 Å². The third-order valence-electron chi connectivity index (χ3n) is 2.12. The van der Waals surface area contributed by atoms with Crippen LogP contribution < -0.4 is 10.9 Å². The Bertz CT molecular complexity index is 607. The summed E-state index contributed by atoms with van der Waals surface area (Å²) in [6.07, 6.45) is 1.44. The molecule has 2 rings (SSSR count). The molecule has 1 heterocycles. The van der Waals surface area contributed by atoms with E-state index in [9.17, 15) is 9.59 Å². The standard InChI is InChI=1S/C12H9BrN2O2/c13-9-2-1-3-10(7-9)15-12(17)8-4-5-14-11(16)6-8/h1-7H,(H,14,16)(H,15,17). The number of carbonyl (C=O) groups excluding carboxylic acids is 1. The minimum absolute atomic E-state index is 0.299. The minimum Gasteiger partial charge on any atom is -0.329 e. The molecule has 0 atom stereocenters. The maximum atomic E-state index is 11.8. The van der Waals surface area contributed by atoms with E-state index in [4.69, 9.17) is 0 Å². The molecule has 86 valence electrons. The van der Waals surface area contributed by atoms with Crippen molar-refractivity contribution in [3.63, 3.8) is 0 Å². The summed E-state index contributed by atoms with van der Waals surface area (Å²) in [5.74, 6) is -0.311. The van der Waals surface area contributed by atoms with Crippen molar-refractivity contribution in [2.75, 3.05) is 5.32 Å². The number of carbonyl (C=O) groups is 1. The van der Waals surface area contributed by atoms with E-state index in [1.54, 1.807) is 18.2 Å². The number of hydrogen-bond acceptors (Lipinski definition) is 2. The fourth-order valence-corrected chi connectivity index (χ4v) is 1.75. The molecule has 17 heavy (non-hydrogen) atoms. The van der Waals surface area contributed by atoms with E-state index in [2.05, 4.69) is 26.2 Å². The van der Waals surface area contributed by atoms with Gasteiger partial charge in [-0.1, -0.05) is 22.0 Å². The Kier molecular flexibility index (Phi) is 3.39. The lowest BCUT2D eigenvalue weighted by atomic mass is 10.2. The van der Waals surface area contributed by atoms with Gasteiger partial charge in [0.05, 0.1) is 0 Å². The lowest BCUT2D eigenvalue weighted by Crippen LogP contribution is -2.15.